The lowest BCUT2D eigenvalue weighted by Crippen LogP contribution is -2.54. The molecule has 3 rings (SSSR count). The molecule has 2 unspecified atom stereocenters. The molecule has 2 aliphatic heterocycles. The number of rotatable bonds is 6. The number of amides is 1. The van der Waals surface area contributed by atoms with Crippen molar-refractivity contribution in [1.82, 2.24) is 10.2 Å². The van der Waals surface area contributed by atoms with Crippen LogP contribution in [0.15, 0.2) is 24.3 Å². The lowest BCUT2D eigenvalue weighted by atomic mass is 10.1. The van der Waals surface area contributed by atoms with Crippen molar-refractivity contribution in [2.45, 2.75) is 24.9 Å². The molecule has 0 bridgehead atoms. The number of hydrogen-bond acceptors (Lipinski definition) is 5. The predicted octanol–water partition coefficient (Wildman–Crippen LogP) is 0.844. The molecule has 0 aromatic heterocycles. The quantitative estimate of drug-likeness (QED) is 0.836. The van der Waals surface area contributed by atoms with E-state index >= 15 is 0 Å². The van der Waals surface area contributed by atoms with Gasteiger partial charge in [-0.25, -0.2) is 0 Å². The summed E-state index contributed by atoms with van der Waals surface area (Å²) in [6.07, 6.45) is 1.18. The second-order valence-corrected chi connectivity index (χ2v) is 6.28. The molecular weight excluding hydrogens is 308 g/mol. The molecule has 0 radical (unpaired) electrons. The molecular formula is C18H26N2O4. The van der Waals surface area contributed by atoms with E-state index < -0.39 is 0 Å². The number of morpholine rings is 1. The van der Waals surface area contributed by atoms with Gasteiger partial charge in [0.2, 0.25) is 5.91 Å². The maximum Gasteiger partial charge on any atom is 0.220 e. The second kappa shape index (κ2) is 8.46. The first-order valence-corrected chi connectivity index (χ1v) is 8.58. The Balaban J connectivity index is 1.48. The lowest BCUT2D eigenvalue weighted by Gasteiger charge is -2.34. The van der Waals surface area contributed by atoms with Gasteiger partial charge in [-0.05, 0) is 24.1 Å². The average molecular weight is 334 g/mol. The Hall–Kier alpha value is -1.63. The van der Waals surface area contributed by atoms with Crippen molar-refractivity contribution >= 4 is 5.91 Å². The summed E-state index contributed by atoms with van der Waals surface area (Å²) in [4.78, 5) is 14.7. The van der Waals surface area contributed by atoms with E-state index in [0.717, 1.165) is 37.6 Å². The van der Waals surface area contributed by atoms with Crippen LogP contribution in [0.3, 0.4) is 0 Å². The first-order chi connectivity index (χ1) is 11.8. The molecule has 6 nitrogen and oxygen atoms in total. The van der Waals surface area contributed by atoms with Crippen molar-refractivity contribution in [2.75, 3.05) is 46.6 Å². The minimum atomic E-state index is 0.0703. The molecule has 0 saturated carbocycles. The van der Waals surface area contributed by atoms with E-state index in [9.17, 15) is 4.79 Å². The van der Waals surface area contributed by atoms with E-state index in [4.69, 9.17) is 14.2 Å². The molecule has 2 atom stereocenters. The third-order valence-corrected chi connectivity index (χ3v) is 4.69. The van der Waals surface area contributed by atoms with Crippen molar-refractivity contribution in [2.24, 2.45) is 0 Å². The second-order valence-electron chi connectivity index (χ2n) is 6.28. The van der Waals surface area contributed by atoms with Crippen molar-refractivity contribution < 1.29 is 19.0 Å². The molecule has 0 aliphatic carbocycles. The molecule has 2 fully saturated rings. The number of hydrogen-bond donors (Lipinski definition) is 1. The summed E-state index contributed by atoms with van der Waals surface area (Å²) < 4.78 is 16.2. The Bertz CT molecular complexity index is 546. The van der Waals surface area contributed by atoms with E-state index in [2.05, 4.69) is 10.2 Å². The Kier molecular flexibility index (Phi) is 6.07. The van der Waals surface area contributed by atoms with Gasteiger partial charge < -0.3 is 19.5 Å². The lowest BCUT2D eigenvalue weighted by molar-refractivity contribution is -0.122. The van der Waals surface area contributed by atoms with Gasteiger partial charge in [-0.1, -0.05) is 12.1 Å². The van der Waals surface area contributed by atoms with Crippen LogP contribution in [0.25, 0.3) is 0 Å². The van der Waals surface area contributed by atoms with Crippen LogP contribution in [0.4, 0.5) is 0 Å². The third kappa shape index (κ3) is 4.47. The summed E-state index contributed by atoms with van der Waals surface area (Å²) in [5.74, 6) is 0.899. The number of methoxy groups -OCH3 is 1. The Morgan fingerprint density at radius 3 is 2.92 bits per heavy atom. The normalized spacial score (nSPS) is 24.7. The topological polar surface area (TPSA) is 60.0 Å². The van der Waals surface area contributed by atoms with Crippen LogP contribution < -0.4 is 10.1 Å². The van der Waals surface area contributed by atoms with Gasteiger partial charge in [0.05, 0.1) is 45.6 Å². The molecule has 1 amide bonds. The van der Waals surface area contributed by atoms with Gasteiger partial charge in [0.15, 0.2) is 0 Å². The summed E-state index contributed by atoms with van der Waals surface area (Å²) in [6.45, 7) is 4.60. The zero-order valence-corrected chi connectivity index (χ0v) is 14.2. The number of nitrogens with one attached hydrogen (secondary N) is 1. The molecule has 1 aromatic carbocycles. The number of benzene rings is 1. The maximum atomic E-state index is 12.3. The van der Waals surface area contributed by atoms with E-state index in [1.165, 1.54) is 0 Å². The van der Waals surface area contributed by atoms with Gasteiger partial charge in [0.25, 0.3) is 0 Å². The molecule has 0 spiro atoms. The van der Waals surface area contributed by atoms with E-state index in [0.29, 0.717) is 26.1 Å². The molecule has 2 heterocycles. The molecule has 6 heteroatoms. The van der Waals surface area contributed by atoms with Gasteiger partial charge in [-0.15, -0.1) is 0 Å². The van der Waals surface area contributed by atoms with Gasteiger partial charge >= 0.3 is 0 Å². The first kappa shape index (κ1) is 17.2. The number of carbonyl (C=O) groups is 1. The van der Waals surface area contributed by atoms with E-state index in [1.54, 1.807) is 7.11 Å². The van der Waals surface area contributed by atoms with Crippen LogP contribution in [0.2, 0.25) is 0 Å². The maximum absolute atomic E-state index is 12.3. The van der Waals surface area contributed by atoms with Crippen LogP contribution in [0, 0.1) is 0 Å². The molecule has 2 aliphatic rings. The summed E-state index contributed by atoms with van der Waals surface area (Å²) in [5, 5.41) is 3.15. The average Bonchev–Trinajstić information content (AvgIpc) is 3.09. The summed E-state index contributed by atoms with van der Waals surface area (Å²) in [6, 6.07) is 8.18. The van der Waals surface area contributed by atoms with Gasteiger partial charge in [-0.3, -0.25) is 9.69 Å². The number of ether oxygens (including phenoxy) is 3. The van der Waals surface area contributed by atoms with Crippen LogP contribution in [0.5, 0.6) is 5.75 Å². The fraction of sp³-hybridized carbons (Fsp3) is 0.611. The molecule has 132 valence electrons. The van der Waals surface area contributed by atoms with Crippen molar-refractivity contribution in [3.8, 4) is 5.75 Å². The molecule has 1 N–H and O–H groups in total. The van der Waals surface area contributed by atoms with Gasteiger partial charge in [0.1, 0.15) is 5.75 Å². The van der Waals surface area contributed by atoms with Gasteiger partial charge in [-0.2, -0.15) is 0 Å². The van der Waals surface area contributed by atoms with Crippen molar-refractivity contribution in [1.29, 1.82) is 0 Å². The Morgan fingerprint density at radius 1 is 1.29 bits per heavy atom. The summed E-state index contributed by atoms with van der Waals surface area (Å²) in [7, 11) is 1.65. The van der Waals surface area contributed by atoms with Crippen LogP contribution >= 0.6 is 0 Å². The van der Waals surface area contributed by atoms with Gasteiger partial charge in [0, 0.05) is 19.5 Å². The minimum absolute atomic E-state index is 0.0703. The van der Waals surface area contributed by atoms with Crippen molar-refractivity contribution in [3.05, 3.63) is 29.8 Å². The zero-order valence-electron chi connectivity index (χ0n) is 14.2. The third-order valence-electron chi connectivity index (χ3n) is 4.69. The highest BCUT2D eigenvalue weighted by molar-refractivity contribution is 5.76. The standard InChI is InChI=1S/C18H26N2O4/c1-22-15-4-2-3-14(11-15)5-6-18(21)19-16-12-24-13-17(16)20-7-9-23-10-8-20/h2-4,11,16-17H,5-10,12-13H2,1H3,(H,19,21). The van der Waals surface area contributed by atoms with E-state index in [1.807, 2.05) is 24.3 Å². The zero-order chi connectivity index (χ0) is 16.8. The molecule has 2 saturated heterocycles. The SMILES string of the molecule is COc1cccc(CCC(=O)NC2COCC2N2CCOCC2)c1. The Morgan fingerprint density at radius 2 is 2.12 bits per heavy atom. The highest BCUT2D eigenvalue weighted by Crippen LogP contribution is 2.16. The number of aryl methyl sites for hydroxylation is 1. The van der Waals surface area contributed by atoms with Crippen LogP contribution in [0.1, 0.15) is 12.0 Å². The summed E-state index contributed by atoms with van der Waals surface area (Å²) in [5.41, 5.74) is 1.11. The minimum Gasteiger partial charge on any atom is -0.497 e. The van der Waals surface area contributed by atoms with Crippen molar-refractivity contribution in [3.63, 3.8) is 0 Å². The monoisotopic (exact) mass is 334 g/mol. The largest absolute Gasteiger partial charge is 0.497 e. The fourth-order valence-electron chi connectivity index (χ4n) is 3.31. The first-order valence-electron chi connectivity index (χ1n) is 8.58. The van der Waals surface area contributed by atoms with E-state index in [-0.39, 0.29) is 18.0 Å². The molecule has 1 aromatic rings. The Labute approximate surface area is 143 Å². The number of carbonyl (C=O) groups excluding carboxylic acids is 1. The fourth-order valence-corrected chi connectivity index (χ4v) is 3.31. The smallest absolute Gasteiger partial charge is 0.220 e. The predicted molar refractivity (Wildman–Crippen MR) is 90.2 cm³/mol. The summed E-state index contributed by atoms with van der Waals surface area (Å²) >= 11 is 0. The number of nitrogens with zero attached hydrogens (tertiary/aromatic N) is 1. The highest BCUT2D eigenvalue weighted by atomic mass is 16.5. The van der Waals surface area contributed by atoms with Crippen LogP contribution in [-0.4, -0.2) is 69.5 Å². The molecule has 24 heavy (non-hydrogen) atoms. The highest BCUT2D eigenvalue weighted by Gasteiger charge is 2.34. The van der Waals surface area contributed by atoms with Crippen LogP contribution in [-0.2, 0) is 20.7 Å².